The Morgan fingerprint density at radius 1 is 1.43 bits per heavy atom. The highest BCUT2D eigenvalue weighted by Crippen LogP contribution is 2.31. The summed E-state index contributed by atoms with van der Waals surface area (Å²) in [6.07, 6.45) is 3.48. The van der Waals surface area contributed by atoms with Crippen LogP contribution < -0.4 is 5.73 Å². The molecule has 0 bridgehead atoms. The number of carbonyl (C=O) groups is 2. The lowest BCUT2D eigenvalue weighted by molar-refractivity contribution is -0.148. The zero-order valence-electron chi connectivity index (χ0n) is 11.3. The van der Waals surface area contributed by atoms with Crippen LogP contribution >= 0.6 is 0 Å². The fourth-order valence-corrected chi connectivity index (χ4v) is 2.36. The SMILES string of the molecule is NC(=O)C(C(=O)OCC1CC1)c1c[nH]c2cccc(F)c12. The van der Waals surface area contributed by atoms with Crippen LogP contribution in [0.1, 0.15) is 24.3 Å². The molecule has 21 heavy (non-hydrogen) atoms. The molecule has 1 unspecified atom stereocenters. The van der Waals surface area contributed by atoms with Crippen molar-refractivity contribution in [3.63, 3.8) is 0 Å². The quantitative estimate of drug-likeness (QED) is 0.650. The van der Waals surface area contributed by atoms with Gasteiger partial charge in [0.05, 0.1) is 6.61 Å². The Morgan fingerprint density at radius 3 is 2.86 bits per heavy atom. The number of aromatic amines is 1. The van der Waals surface area contributed by atoms with E-state index < -0.39 is 23.6 Å². The maximum atomic E-state index is 14.0. The van der Waals surface area contributed by atoms with E-state index in [4.69, 9.17) is 10.5 Å². The summed E-state index contributed by atoms with van der Waals surface area (Å²) in [6.45, 7) is 0.285. The Labute approximate surface area is 120 Å². The van der Waals surface area contributed by atoms with Crippen molar-refractivity contribution < 1.29 is 18.7 Å². The lowest BCUT2D eigenvalue weighted by atomic mass is 9.97. The Balaban J connectivity index is 1.95. The van der Waals surface area contributed by atoms with Crippen LogP contribution in [0.25, 0.3) is 10.9 Å². The predicted molar refractivity (Wildman–Crippen MR) is 73.9 cm³/mol. The third kappa shape index (κ3) is 2.61. The number of hydrogen-bond acceptors (Lipinski definition) is 3. The third-order valence-corrected chi connectivity index (χ3v) is 3.67. The standard InChI is InChI=1S/C15H15FN2O3/c16-10-2-1-3-11-12(10)9(6-18-11)13(14(17)19)15(20)21-7-8-4-5-8/h1-3,6,8,13,18H,4-5,7H2,(H2,17,19). The number of carbonyl (C=O) groups excluding carboxylic acids is 2. The normalized spacial score (nSPS) is 15.9. The molecule has 110 valence electrons. The Hall–Kier alpha value is -2.37. The van der Waals surface area contributed by atoms with Crippen LogP contribution in [0.15, 0.2) is 24.4 Å². The molecular formula is C15H15FN2O3. The van der Waals surface area contributed by atoms with Crippen LogP contribution in [0, 0.1) is 11.7 Å². The molecule has 0 saturated heterocycles. The lowest BCUT2D eigenvalue weighted by Crippen LogP contribution is -2.30. The molecule has 0 radical (unpaired) electrons. The van der Waals surface area contributed by atoms with Gasteiger partial charge in [-0.2, -0.15) is 0 Å². The van der Waals surface area contributed by atoms with E-state index in [1.807, 2.05) is 0 Å². The molecule has 5 nitrogen and oxygen atoms in total. The third-order valence-electron chi connectivity index (χ3n) is 3.67. The molecule has 1 aromatic heterocycles. The molecule has 1 atom stereocenters. The molecule has 1 saturated carbocycles. The highest BCUT2D eigenvalue weighted by atomic mass is 19.1. The minimum Gasteiger partial charge on any atom is -0.465 e. The molecule has 1 aliphatic carbocycles. The number of aromatic nitrogens is 1. The highest BCUT2D eigenvalue weighted by molar-refractivity contribution is 6.06. The van der Waals surface area contributed by atoms with Gasteiger partial charge in [0.25, 0.3) is 0 Å². The number of esters is 1. The summed E-state index contributed by atoms with van der Waals surface area (Å²) in [5, 5.41) is 0.199. The molecule has 1 aliphatic rings. The second kappa shape index (κ2) is 5.20. The highest BCUT2D eigenvalue weighted by Gasteiger charge is 2.33. The number of hydrogen-bond donors (Lipinski definition) is 2. The Bertz CT molecular complexity index is 706. The van der Waals surface area contributed by atoms with Gasteiger partial charge in [-0.25, -0.2) is 4.39 Å². The van der Waals surface area contributed by atoms with E-state index in [0.717, 1.165) is 12.8 Å². The Kier molecular flexibility index (Phi) is 3.37. The first kappa shape index (κ1) is 13.6. The average Bonchev–Trinajstić information content (AvgIpc) is 3.17. The number of halogens is 1. The number of primary amides is 1. The van der Waals surface area contributed by atoms with Crippen molar-refractivity contribution >= 4 is 22.8 Å². The second-order valence-corrected chi connectivity index (χ2v) is 5.32. The molecule has 0 spiro atoms. The first-order valence-corrected chi connectivity index (χ1v) is 6.79. The van der Waals surface area contributed by atoms with Crippen molar-refractivity contribution in [3.05, 3.63) is 35.8 Å². The number of ether oxygens (including phenoxy) is 1. The second-order valence-electron chi connectivity index (χ2n) is 5.32. The number of nitrogens with one attached hydrogen (secondary N) is 1. The van der Waals surface area contributed by atoms with Crippen molar-refractivity contribution in [2.45, 2.75) is 18.8 Å². The van der Waals surface area contributed by atoms with Crippen LogP contribution in [0.5, 0.6) is 0 Å². The Morgan fingerprint density at radius 2 is 2.19 bits per heavy atom. The number of rotatable bonds is 5. The van der Waals surface area contributed by atoms with Crippen LogP contribution in [-0.2, 0) is 14.3 Å². The van der Waals surface area contributed by atoms with Crippen molar-refractivity contribution in [2.24, 2.45) is 11.7 Å². The predicted octanol–water partition coefficient (Wildman–Crippen LogP) is 1.83. The fraction of sp³-hybridized carbons (Fsp3) is 0.333. The molecule has 1 aromatic carbocycles. The van der Waals surface area contributed by atoms with Gasteiger partial charge in [-0.1, -0.05) is 6.07 Å². The zero-order valence-corrected chi connectivity index (χ0v) is 11.3. The summed E-state index contributed by atoms with van der Waals surface area (Å²) >= 11 is 0. The summed E-state index contributed by atoms with van der Waals surface area (Å²) in [5.74, 6) is -3.00. The minimum atomic E-state index is -1.30. The summed E-state index contributed by atoms with van der Waals surface area (Å²) in [4.78, 5) is 26.6. The largest absolute Gasteiger partial charge is 0.465 e. The summed E-state index contributed by atoms with van der Waals surface area (Å²) < 4.78 is 19.1. The van der Waals surface area contributed by atoms with Crippen LogP contribution in [0.4, 0.5) is 4.39 Å². The maximum absolute atomic E-state index is 14.0. The topological polar surface area (TPSA) is 85.2 Å². The maximum Gasteiger partial charge on any atom is 0.323 e. The van der Waals surface area contributed by atoms with Crippen molar-refractivity contribution in [1.29, 1.82) is 0 Å². The van der Waals surface area contributed by atoms with Crippen LogP contribution in [0.3, 0.4) is 0 Å². The van der Waals surface area contributed by atoms with Gasteiger partial charge < -0.3 is 15.5 Å². The van der Waals surface area contributed by atoms with Crippen LogP contribution in [-0.4, -0.2) is 23.5 Å². The summed E-state index contributed by atoms with van der Waals surface area (Å²) in [5.41, 5.74) is 6.04. The molecule has 1 fully saturated rings. The molecule has 2 aromatic rings. The van der Waals surface area contributed by atoms with Gasteiger partial charge >= 0.3 is 5.97 Å². The van der Waals surface area contributed by atoms with Gasteiger partial charge in [-0.05, 0) is 30.9 Å². The number of benzene rings is 1. The van der Waals surface area contributed by atoms with Gasteiger partial charge in [0.2, 0.25) is 5.91 Å². The lowest BCUT2D eigenvalue weighted by Gasteiger charge is -2.12. The van der Waals surface area contributed by atoms with Crippen molar-refractivity contribution in [2.75, 3.05) is 6.61 Å². The van der Waals surface area contributed by atoms with Gasteiger partial charge in [0, 0.05) is 22.7 Å². The van der Waals surface area contributed by atoms with E-state index >= 15 is 0 Å². The summed E-state index contributed by atoms with van der Waals surface area (Å²) in [6, 6.07) is 4.48. The minimum absolute atomic E-state index is 0.199. The summed E-state index contributed by atoms with van der Waals surface area (Å²) in [7, 11) is 0. The van der Waals surface area contributed by atoms with Gasteiger partial charge in [0.15, 0.2) is 5.92 Å². The van der Waals surface area contributed by atoms with E-state index in [1.54, 1.807) is 12.1 Å². The van der Waals surface area contributed by atoms with Crippen LogP contribution in [0.2, 0.25) is 0 Å². The monoisotopic (exact) mass is 290 g/mol. The van der Waals surface area contributed by atoms with Crippen molar-refractivity contribution in [1.82, 2.24) is 4.98 Å². The molecule has 3 N–H and O–H groups in total. The van der Waals surface area contributed by atoms with Crippen molar-refractivity contribution in [3.8, 4) is 0 Å². The molecule has 6 heteroatoms. The van der Waals surface area contributed by atoms with E-state index in [2.05, 4.69) is 4.98 Å². The van der Waals surface area contributed by atoms with E-state index in [0.29, 0.717) is 11.4 Å². The first-order valence-electron chi connectivity index (χ1n) is 6.79. The van der Waals surface area contributed by atoms with Gasteiger partial charge in [-0.15, -0.1) is 0 Å². The molecule has 3 rings (SSSR count). The zero-order chi connectivity index (χ0) is 15.0. The van der Waals surface area contributed by atoms with E-state index in [1.165, 1.54) is 12.3 Å². The van der Waals surface area contributed by atoms with E-state index in [-0.39, 0.29) is 17.6 Å². The number of H-pyrrole nitrogens is 1. The first-order chi connectivity index (χ1) is 10.1. The number of nitrogens with two attached hydrogens (primary N) is 1. The van der Waals surface area contributed by atoms with Gasteiger partial charge in [-0.3, -0.25) is 9.59 Å². The smallest absolute Gasteiger partial charge is 0.323 e. The molecular weight excluding hydrogens is 275 g/mol. The van der Waals surface area contributed by atoms with Gasteiger partial charge in [0.1, 0.15) is 5.82 Å². The molecule has 1 amide bonds. The molecule has 1 heterocycles. The number of fused-ring (bicyclic) bond motifs is 1. The number of amides is 1. The van der Waals surface area contributed by atoms with E-state index in [9.17, 15) is 14.0 Å². The average molecular weight is 290 g/mol. The molecule has 0 aliphatic heterocycles. The fourth-order valence-electron chi connectivity index (χ4n) is 2.36.